The number of dihydropyridines is 1. The second-order valence-corrected chi connectivity index (χ2v) is 2.94. The number of hydrogen-bond donors (Lipinski definition) is 2. The van der Waals surface area contributed by atoms with Gasteiger partial charge in [-0.25, -0.2) is 0 Å². The Balaban J connectivity index is 2.23. The highest BCUT2D eigenvalue weighted by atomic mass is 32.2. The van der Waals surface area contributed by atoms with Crippen molar-refractivity contribution in [1.82, 2.24) is 10.0 Å². The molecule has 9 heavy (non-hydrogen) atoms. The molecule has 1 fully saturated rings. The van der Waals surface area contributed by atoms with Gasteiger partial charge in [0.05, 0.1) is 6.04 Å². The summed E-state index contributed by atoms with van der Waals surface area (Å²) in [6.07, 6.45) is 6.12. The van der Waals surface area contributed by atoms with Crippen molar-refractivity contribution in [1.29, 1.82) is 0 Å². The molecule has 0 aliphatic carbocycles. The molecule has 2 rings (SSSR count). The second-order valence-electron chi connectivity index (χ2n) is 2.11. The fourth-order valence-corrected chi connectivity index (χ4v) is 1.88. The molecule has 2 aliphatic heterocycles. The number of hydrogen-bond acceptors (Lipinski definition) is 3. The predicted octanol–water partition coefficient (Wildman–Crippen LogP) is 0.607. The quantitative estimate of drug-likeness (QED) is 0.482. The summed E-state index contributed by atoms with van der Waals surface area (Å²) < 4.78 is 3.22. The lowest BCUT2D eigenvalue weighted by atomic mass is 10.2. The first-order valence-electron chi connectivity index (χ1n) is 2.97. The monoisotopic (exact) mass is 140 g/mol. The topological polar surface area (TPSA) is 24.1 Å². The van der Waals surface area contributed by atoms with Crippen LogP contribution in [0.1, 0.15) is 0 Å². The molecular formula is C6H8N2S. The normalized spacial score (nSPS) is 30.2. The Labute approximate surface area is 58.5 Å². The third kappa shape index (κ3) is 0.812. The molecule has 0 spiro atoms. The molecule has 0 amide bonds. The third-order valence-corrected chi connectivity index (χ3v) is 2.36. The number of rotatable bonds is 0. The van der Waals surface area contributed by atoms with Gasteiger partial charge in [-0.15, -0.1) is 0 Å². The van der Waals surface area contributed by atoms with Crippen LogP contribution < -0.4 is 10.0 Å². The molecule has 0 aromatic rings. The fraction of sp³-hybridized carbons (Fsp3) is 0.333. The minimum Gasteiger partial charge on any atom is -0.382 e. The minimum atomic E-state index is 0.542. The molecule has 0 aromatic heterocycles. The molecule has 2 aliphatic rings. The van der Waals surface area contributed by atoms with Crippen LogP contribution >= 0.6 is 11.9 Å². The van der Waals surface area contributed by atoms with E-state index >= 15 is 0 Å². The van der Waals surface area contributed by atoms with Crippen molar-refractivity contribution in [3.63, 3.8) is 0 Å². The molecular weight excluding hydrogens is 132 g/mol. The molecule has 1 unspecified atom stereocenters. The van der Waals surface area contributed by atoms with Gasteiger partial charge >= 0.3 is 0 Å². The highest BCUT2D eigenvalue weighted by Crippen LogP contribution is 2.18. The molecule has 2 nitrogen and oxygen atoms in total. The highest BCUT2D eigenvalue weighted by Gasteiger charge is 2.20. The SMILES string of the molecule is C1=CNC2CSNC2=C1. The standard InChI is InChI=1S/C6H8N2S/c1-2-5-6(7-3-1)4-9-8-5/h1-3,6-8H,4H2. The Morgan fingerprint density at radius 2 is 2.67 bits per heavy atom. The summed E-state index contributed by atoms with van der Waals surface area (Å²) in [6, 6.07) is 0.542. The van der Waals surface area contributed by atoms with Crippen LogP contribution in [-0.2, 0) is 0 Å². The van der Waals surface area contributed by atoms with Crippen LogP contribution in [0.2, 0.25) is 0 Å². The van der Waals surface area contributed by atoms with Crippen LogP contribution in [0.25, 0.3) is 0 Å². The third-order valence-electron chi connectivity index (χ3n) is 1.48. The van der Waals surface area contributed by atoms with E-state index in [1.165, 1.54) is 5.70 Å². The maximum atomic E-state index is 3.25. The van der Waals surface area contributed by atoms with Crippen molar-refractivity contribution in [2.75, 3.05) is 5.75 Å². The van der Waals surface area contributed by atoms with Crippen molar-refractivity contribution < 1.29 is 0 Å². The molecule has 1 saturated heterocycles. The molecule has 2 heterocycles. The summed E-state index contributed by atoms with van der Waals surface area (Å²) in [7, 11) is 0. The Kier molecular flexibility index (Phi) is 1.16. The molecule has 3 heteroatoms. The minimum absolute atomic E-state index is 0.542. The highest BCUT2D eigenvalue weighted by molar-refractivity contribution is 7.97. The van der Waals surface area contributed by atoms with Gasteiger partial charge in [0.15, 0.2) is 0 Å². The summed E-state index contributed by atoms with van der Waals surface area (Å²) in [6.45, 7) is 0. The Morgan fingerprint density at radius 3 is 3.56 bits per heavy atom. The molecule has 48 valence electrons. The van der Waals surface area contributed by atoms with E-state index in [1.54, 1.807) is 11.9 Å². The zero-order valence-electron chi connectivity index (χ0n) is 4.92. The first-order chi connectivity index (χ1) is 4.47. The summed E-state index contributed by atoms with van der Waals surface area (Å²) in [5.41, 5.74) is 1.31. The van der Waals surface area contributed by atoms with Crippen LogP contribution in [0, 0.1) is 0 Å². The van der Waals surface area contributed by atoms with E-state index in [0.29, 0.717) is 6.04 Å². The average molecular weight is 140 g/mol. The van der Waals surface area contributed by atoms with Gasteiger partial charge in [0.1, 0.15) is 0 Å². The number of allylic oxidation sites excluding steroid dienone is 2. The Hall–Kier alpha value is -0.570. The van der Waals surface area contributed by atoms with Crippen LogP contribution in [0.3, 0.4) is 0 Å². The van der Waals surface area contributed by atoms with E-state index in [0.717, 1.165) is 5.75 Å². The van der Waals surface area contributed by atoms with Crippen LogP contribution in [-0.4, -0.2) is 11.8 Å². The zero-order chi connectivity index (χ0) is 6.10. The van der Waals surface area contributed by atoms with E-state index in [-0.39, 0.29) is 0 Å². The van der Waals surface area contributed by atoms with Gasteiger partial charge in [-0.1, -0.05) is 11.9 Å². The van der Waals surface area contributed by atoms with Crippen LogP contribution in [0.5, 0.6) is 0 Å². The van der Waals surface area contributed by atoms with Gasteiger partial charge < -0.3 is 10.0 Å². The van der Waals surface area contributed by atoms with Crippen LogP contribution in [0.4, 0.5) is 0 Å². The van der Waals surface area contributed by atoms with Crippen molar-refractivity contribution in [3.8, 4) is 0 Å². The van der Waals surface area contributed by atoms with Crippen molar-refractivity contribution in [2.24, 2.45) is 0 Å². The first-order valence-corrected chi connectivity index (χ1v) is 3.96. The molecule has 2 N–H and O–H groups in total. The van der Waals surface area contributed by atoms with Gasteiger partial charge in [-0.05, 0) is 18.4 Å². The number of fused-ring (bicyclic) bond motifs is 1. The summed E-state index contributed by atoms with van der Waals surface area (Å²) >= 11 is 1.76. The van der Waals surface area contributed by atoms with Gasteiger partial charge in [0.25, 0.3) is 0 Å². The van der Waals surface area contributed by atoms with Gasteiger partial charge in [0, 0.05) is 11.4 Å². The molecule has 0 radical (unpaired) electrons. The van der Waals surface area contributed by atoms with Crippen molar-refractivity contribution in [2.45, 2.75) is 6.04 Å². The summed E-state index contributed by atoms with van der Waals surface area (Å²) in [5.74, 6) is 1.14. The molecule has 0 bridgehead atoms. The van der Waals surface area contributed by atoms with E-state index < -0.39 is 0 Å². The van der Waals surface area contributed by atoms with E-state index in [2.05, 4.69) is 16.1 Å². The molecule has 1 atom stereocenters. The summed E-state index contributed by atoms with van der Waals surface area (Å²) in [5, 5.41) is 3.25. The maximum absolute atomic E-state index is 3.25. The lowest BCUT2D eigenvalue weighted by Crippen LogP contribution is -2.28. The van der Waals surface area contributed by atoms with Crippen molar-refractivity contribution >= 4 is 11.9 Å². The van der Waals surface area contributed by atoms with E-state index in [1.807, 2.05) is 12.3 Å². The molecule has 0 aromatic carbocycles. The van der Waals surface area contributed by atoms with Crippen LogP contribution in [0.15, 0.2) is 24.0 Å². The van der Waals surface area contributed by atoms with Crippen molar-refractivity contribution in [3.05, 3.63) is 24.0 Å². The largest absolute Gasteiger partial charge is 0.382 e. The smallest absolute Gasteiger partial charge is 0.0770 e. The Bertz CT molecular complexity index is 174. The zero-order valence-corrected chi connectivity index (χ0v) is 5.74. The summed E-state index contributed by atoms with van der Waals surface area (Å²) in [4.78, 5) is 0. The predicted molar refractivity (Wildman–Crippen MR) is 39.7 cm³/mol. The second kappa shape index (κ2) is 1.99. The van der Waals surface area contributed by atoms with E-state index in [4.69, 9.17) is 0 Å². The lowest BCUT2D eigenvalue weighted by Gasteiger charge is -2.12. The number of nitrogens with one attached hydrogen (secondary N) is 2. The van der Waals surface area contributed by atoms with E-state index in [9.17, 15) is 0 Å². The van der Waals surface area contributed by atoms with Gasteiger partial charge in [-0.2, -0.15) is 0 Å². The fourth-order valence-electron chi connectivity index (χ4n) is 0.981. The van der Waals surface area contributed by atoms with Gasteiger partial charge in [-0.3, -0.25) is 0 Å². The molecule has 0 saturated carbocycles. The Morgan fingerprint density at radius 1 is 1.67 bits per heavy atom. The first kappa shape index (κ1) is 5.23. The maximum Gasteiger partial charge on any atom is 0.0770 e. The average Bonchev–Trinajstić information content (AvgIpc) is 2.33. The lowest BCUT2D eigenvalue weighted by molar-refractivity contribution is 0.729. The van der Waals surface area contributed by atoms with Gasteiger partial charge in [0.2, 0.25) is 0 Å².